The molecule has 2 aromatic rings. The third-order valence-electron chi connectivity index (χ3n) is 3.48. The standard InChI is InChI=1S/C18H12Br2ClNO3/c1-10-14(18(23)25-22-10)6-12-7-15(19)17(16(20)8-12)24-9-11-3-2-4-13(21)5-11/h2-8H,9H2,1H3/b14-6-. The molecule has 1 aliphatic heterocycles. The number of hydrogen-bond donors (Lipinski definition) is 0. The zero-order valence-electron chi connectivity index (χ0n) is 13.1. The van der Waals surface area contributed by atoms with Crippen LogP contribution in [0.25, 0.3) is 6.08 Å². The number of nitrogens with zero attached hydrogens (tertiary/aromatic N) is 1. The van der Waals surface area contributed by atoms with E-state index in [2.05, 4.69) is 41.9 Å². The van der Waals surface area contributed by atoms with Gasteiger partial charge in [-0.25, -0.2) is 4.79 Å². The molecule has 0 aromatic heterocycles. The number of benzene rings is 2. The lowest BCUT2D eigenvalue weighted by molar-refractivity contribution is -0.136. The maximum absolute atomic E-state index is 11.6. The molecule has 0 N–H and O–H groups in total. The summed E-state index contributed by atoms with van der Waals surface area (Å²) in [6.45, 7) is 2.11. The summed E-state index contributed by atoms with van der Waals surface area (Å²) in [5, 5.41) is 4.34. The fourth-order valence-electron chi connectivity index (χ4n) is 2.27. The predicted octanol–water partition coefficient (Wildman–Crippen LogP) is 5.76. The molecule has 0 bridgehead atoms. The van der Waals surface area contributed by atoms with Crippen LogP contribution in [0.2, 0.25) is 5.02 Å². The van der Waals surface area contributed by atoms with Gasteiger partial charge in [-0.15, -0.1) is 0 Å². The Morgan fingerprint density at radius 1 is 1.24 bits per heavy atom. The van der Waals surface area contributed by atoms with E-state index >= 15 is 0 Å². The van der Waals surface area contributed by atoms with E-state index in [0.29, 0.717) is 28.7 Å². The van der Waals surface area contributed by atoms with E-state index in [-0.39, 0.29) is 0 Å². The molecule has 0 radical (unpaired) electrons. The first-order valence-electron chi connectivity index (χ1n) is 7.28. The molecule has 0 fully saturated rings. The molecule has 7 heteroatoms. The van der Waals surface area contributed by atoms with Gasteiger partial charge in [-0.3, -0.25) is 0 Å². The quantitative estimate of drug-likeness (QED) is 0.409. The highest BCUT2D eigenvalue weighted by atomic mass is 79.9. The van der Waals surface area contributed by atoms with Gasteiger partial charge in [-0.2, -0.15) is 0 Å². The normalized spacial score (nSPS) is 15.3. The van der Waals surface area contributed by atoms with Crippen molar-refractivity contribution in [3.63, 3.8) is 0 Å². The molecule has 0 saturated carbocycles. The highest BCUT2D eigenvalue weighted by Crippen LogP contribution is 2.36. The fourth-order valence-corrected chi connectivity index (χ4v) is 3.93. The first-order chi connectivity index (χ1) is 11.9. The summed E-state index contributed by atoms with van der Waals surface area (Å²) in [4.78, 5) is 16.3. The Morgan fingerprint density at radius 3 is 2.56 bits per heavy atom. The van der Waals surface area contributed by atoms with E-state index in [9.17, 15) is 4.79 Å². The monoisotopic (exact) mass is 483 g/mol. The Kier molecular flexibility index (Phi) is 5.61. The molecule has 1 aliphatic rings. The molecule has 0 aliphatic carbocycles. The third-order valence-corrected chi connectivity index (χ3v) is 4.89. The van der Waals surface area contributed by atoms with E-state index in [0.717, 1.165) is 20.1 Å². The largest absolute Gasteiger partial charge is 0.487 e. The van der Waals surface area contributed by atoms with Gasteiger partial charge in [0, 0.05) is 5.02 Å². The van der Waals surface area contributed by atoms with Gasteiger partial charge in [0.2, 0.25) is 0 Å². The summed E-state index contributed by atoms with van der Waals surface area (Å²) in [6.07, 6.45) is 1.73. The molecule has 1 heterocycles. The molecule has 0 spiro atoms. The molecule has 0 atom stereocenters. The number of carbonyl (C=O) groups excluding carboxylic acids is 1. The van der Waals surface area contributed by atoms with Gasteiger partial charge >= 0.3 is 5.97 Å². The summed E-state index contributed by atoms with van der Waals surface area (Å²) >= 11 is 13.0. The molecular weight excluding hydrogens is 473 g/mol. The maximum Gasteiger partial charge on any atom is 0.367 e. The number of ether oxygens (including phenoxy) is 1. The number of rotatable bonds is 4. The second-order valence-electron chi connectivity index (χ2n) is 5.35. The average molecular weight is 486 g/mol. The van der Waals surface area contributed by atoms with Crippen LogP contribution in [-0.4, -0.2) is 11.7 Å². The molecule has 0 unspecified atom stereocenters. The Balaban J connectivity index is 1.82. The molecule has 2 aromatic carbocycles. The number of hydrogen-bond acceptors (Lipinski definition) is 4. The lowest BCUT2D eigenvalue weighted by Gasteiger charge is -2.12. The van der Waals surface area contributed by atoms with Crippen LogP contribution >= 0.6 is 43.5 Å². The first kappa shape index (κ1) is 18.2. The summed E-state index contributed by atoms with van der Waals surface area (Å²) in [7, 11) is 0. The van der Waals surface area contributed by atoms with Crippen molar-refractivity contribution in [3.8, 4) is 5.75 Å². The minimum atomic E-state index is -0.453. The number of oxime groups is 1. The maximum atomic E-state index is 11.6. The van der Waals surface area contributed by atoms with Crippen molar-refractivity contribution in [1.82, 2.24) is 0 Å². The molecule has 25 heavy (non-hydrogen) atoms. The Bertz CT molecular complexity index is 886. The number of halogens is 3. The number of carbonyl (C=O) groups is 1. The summed E-state index contributed by atoms with van der Waals surface area (Å²) in [5.74, 6) is 0.215. The van der Waals surface area contributed by atoms with E-state index in [1.165, 1.54) is 0 Å². The second kappa shape index (κ2) is 7.72. The van der Waals surface area contributed by atoms with E-state index in [1.54, 1.807) is 13.0 Å². The molecular formula is C18H12Br2ClNO3. The topological polar surface area (TPSA) is 47.9 Å². The Morgan fingerprint density at radius 2 is 1.96 bits per heavy atom. The summed E-state index contributed by atoms with van der Waals surface area (Å²) in [5.41, 5.74) is 2.78. The first-order valence-corrected chi connectivity index (χ1v) is 9.25. The van der Waals surface area contributed by atoms with Crippen LogP contribution in [0.1, 0.15) is 18.1 Å². The van der Waals surface area contributed by atoms with Crippen molar-refractivity contribution in [3.05, 3.63) is 67.1 Å². The van der Waals surface area contributed by atoms with Crippen LogP contribution in [0.3, 0.4) is 0 Å². The van der Waals surface area contributed by atoms with Gasteiger partial charge in [-0.1, -0.05) is 28.9 Å². The zero-order chi connectivity index (χ0) is 18.0. The van der Waals surface area contributed by atoms with Gasteiger partial charge in [-0.05, 0) is 80.3 Å². The highest BCUT2D eigenvalue weighted by molar-refractivity contribution is 9.11. The van der Waals surface area contributed by atoms with Crippen LogP contribution in [-0.2, 0) is 16.2 Å². The molecule has 0 amide bonds. The van der Waals surface area contributed by atoms with E-state index in [1.807, 2.05) is 36.4 Å². The summed E-state index contributed by atoms with van der Waals surface area (Å²) in [6, 6.07) is 11.2. The van der Waals surface area contributed by atoms with Gasteiger partial charge in [0.25, 0.3) is 0 Å². The van der Waals surface area contributed by atoms with E-state index in [4.69, 9.17) is 16.3 Å². The lowest BCUT2D eigenvalue weighted by Crippen LogP contribution is -2.02. The van der Waals surface area contributed by atoms with Gasteiger partial charge in [0.15, 0.2) is 0 Å². The molecule has 0 saturated heterocycles. The Labute approximate surface area is 166 Å². The van der Waals surface area contributed by atoms with Crippen molar-refractivity contribution >= 4 is 61.2 Å². The van der Waals surface area contributed by atoms with Crippen LogP contribution in [0.15, 0.2) is 56.1 Å². The molecule has 3 rings (SSSR count). The van der Waals surface area contributed by atoms with E-state index < -0.39 is 5.97 Å². The predicted molar refractivity (Wildman–Crippen MR) is 105 cm³/mol. The van der Waals surface area contributed by atoms with Crippen molar-refractivity contribution in [2.24, 2.45) is 5.16 Å². The Hall–Kier alpha value is -1.63. The van der Waals surface area contributed by atoms with Crippen LogP contribution in [0, 0.1) is 0 Å². The smallest absolute Gasteiger partial charge is 0.367 e. The minimum Gasteiger partial charge on any atom is -0.487 e. The van der Waals surface area contributed by atoms with Crippen LogP contribution in [0.4, 0.5) is 0 Å². The summed E-state index contributed by atoms with van der Waals surface area (Å²) < 4.78 is 7.41. The fraction of sp³-hybridized carbons (Fsp3) is 0.111. The average Bonchev–Trinajstić information content (AvgIpc) is 2.86. The SMILES string of the molecule is CC1=NOC(=O)/C1=C\c1cc(Br)c(OCc2cccc(Cl)c2)c(Br)c1. The van der Waals surface area contributed by atoms with Crippen molar-refractivity contribution < 1.29 is 14.4 Å². The second-order valence-corrected chi connectivity index (χ2v) is 7.49. The lowest BCUT2D eigenvalue weighted by atomic mass is 10.1. The minimum absolute atomic E-state index is 0.385. The van der Waals surface area contributed by atoms with Gasteiger partial charge < -0.3 is 9.57 Å². The van der Waals surface area contributed by atoms with Crippen molar-refractivity contribution in [2.75, 3.05) is 0 Å². The van der Waals surface area contributed by atoms with Crippen molar-refractivity contribution in [1.29, 1.82) is 0 Å². The third kappa shape index (κ3) is 4.32. The van der Waals surface area contributed by atoms with Crippen molar-refractivity contribution in [2.45, 2.75) is 13.5 Å². The highest BCUT2D eigenvalue weighted by Gasteiger charge is 2.22. The van der Waals surface area contributed by atoms with Crippen LogP contribution < -0.4 is 4.74 Å². The van der Waals surface area contributed by atoms with Gasteiger partial charge in [0.05, 0.1) is 20.2 Å². The van der Waals surface area contributed by atoms with Crippen LogP contribution in [0.5, 0.6) is 5.75 Å². The van der Waals surface area contributed by atoms with Gasteiger partial charge in [0.1, 0.15) is 12.4 Å². The molecule has 4 nitrogen and oxygen atoms in total. The molecule has 128 valence electrons. The zero-order valence-corrected chi connectivity index (χ0v) is 17.0.